The molecule has 3 N–H and O–H groups in total. The minimum atomic E-state index is -3.58. The van der Waals surface area contributed by atoms with Gasteiger partial charge in [-0.1, -0.05) is 19.3 Å². The number of hydrogen-bond donors (Lipinski definition) is 2. The number of rotatable bonds is 5. The summed E-state index contributed by atoms with van der Waals surface area (Å²) in [5, 5.41) is 3.89. The summed E-state index contributed by atoms with van der Waals surface area (Å²) in [6.45, 7) is 2.11. The summed E-state index contributed by atoms with van der Waals surface area (Å²) in [5.41, 5.74) is 5.77. The van der Waals surface area contributed by atoms with Crippen molar-refractivity contribution in [3.63, 3.8) is 0 Å². The Labute approximate surface area is 130 Å². The van der Waals surface area contributed by atoms with Crippen LogP contribution in [0.5, 0.6) is 0 Å². The average Bonchev–Trinajstić information content (AvgIpc) is 2.81. The lowest BCUT2D eigenvalue weighted by Gasteiger charge is -2.28. The van der Waals surface area contributed by atoms with Crippen LogP contribution >= 0.6 is 11.5 Å². The van der Waals surface area contributed by atoms with Gasteiger partial charge in [0.05, 0.1) is 0 Å². The zero-order chi connectivity index (χ0) is 15.6. The fraction of sp³-hybridized carbons (Fsp3) is 0.769. The second-order valence-electron chi connectivity index (χ2n) is 5.84. The molecule has 0 aliphatic heterocycles. The smallest absolute Gasteiger partial charge is 0.249 e. The van der Waals surface area contributed by atoms with Crippen LogP contribution in [0.2, 0.25) is 0 Å². The van der Waals surface area contributed by atoms with Gasteiger partial charge < -0.3 is 11.1 Å². The summed E-state index contributed by atoms with van der Waals surface area (Å²) < 4.78 is 29.9. The summed E-state index contributed by atoms with van der Waals surface area (Å²) in [4.78, 5) is 0.111. The van der Waals surface area contributed by atoms with Gasteiger partial charge in [-0.15, -0.1) is 0 Å². The summed E-state index contributed by atoms with van der Waals surface area (Å²) >= 11 is 1.12. The normalized spacial score (nSPS) is 18.9. The highest BCUT2D eigenvalue weighted by Gasteiger charge is 2.29. The molecule has 21 heavy (non-hydrogen) atoms. The number of nitrogens with zero attached hydrogens (tertiary/aromatic N) is 2. The van der Waals surface area contributed by atoms with Crippen LogP contribution in [-0.4, -0.2) is 37.2 Å². The molecule has 1 saturated carbocycles. The molecule has 2 rings (SSSR count). The van der Waals surface area contributed by atoms with E-state index in [-0.39, 0.29) is 16.8 Å². The van der Waals surface area contributed by atoms with E-state index >= 15 is 0 Å². The first-order valence-electron chi connectivity index (χ1n) is 7.28. The van der Waals surface area contributed by atoms with Crippen LogP contribution in [0, 0.1) is 5.92 Å². The van der Waals surface area contributed by atoms with Gasteiger partial charge in [-0.2, -0.15) is 4.37 Å². The molecule has 0 saturated heterocycles. The van der Waals surface area contributed by atoms with Crippen molar-refractivity contribution in [1.29, 1.82) is 0 Å². The van der Waals surface area contributed by atoms with Crippen LogP contribution in [-0.2, 0) is 10.0 Å². The third kappa shape index (κ3) is 3.49. The van der Waals surface area contributed by atoms with Crippen LogP contribution in [0.15, 0.2) is 4.90 Å². The van der Waals surface area contributed by atoms with Gasteiger partial charge in [0.25, 0.3) is 0 Å². The van der Waals surface area contributed by atoms with Crippen LogP contribution in [0.25, 0.3) is 0 Å². The fourth-order valence-electron chi connectivity index (χ4n) is 2.78. The number of sulfonamides is 1. The first-order valence-corrected chi connectivity index (χ1v) is 9.49. The lowest BCUT2D eigenvalue weighted by atomic mass is 9.84. The van der Waals surface area contributed by atoms with Crippen LogP contribution in [0.4, 0.5) is 10.8 Å². The second kappa shape index (κ2) is 6.50. The molecule has 1 heterocycles. The highest BCUT2D eigenvalue weighted by Crippen LogP contribution is 2.35. The van der Waals surface area contributed by atoms with E-state index in [0.717, 1.165) is 11.5 Å². The van der Waals surface area contributed by atoms with Crippen molar-refractivity contribution in [2.45, 2.75) is 50.0 Å². The molecule has 0 bridgehead atoms. The van der Waals surface area contributed by atoms with Crippen LogP contribution in [0.1, 0.15) is 39.0 Å². The quantitative estimate of drug-likeness (QED) is 0.864. The molecule has 120 valence electrons. The average molecular weight is 332 g/mol. The van der Waals surface area contributed by atoms with E-state index in [0.29, 0.717) is 10.9 Å². The SMILES string of the molecule is CC(Nc1snc(N)c1S(=O)(=O)N(C)C)C1CCCCC1. The molecule has 6 nitrogen and oxygen atoms in total. The molecule has 0 radical (unpaired) electrons. The predicted molar refractivity (Wildman–Crippen MR) is 87.1 cm³/mol. The number of aromatic nitrogens is 1. The fourth-order valence-corrected chi connectivity index (χ4v) is 4.94. The van der Waals surface area contributed by atoms with Gasteiger partial charge in [-0.05, 0) is 37.2 Å². The van der Waals surface area contributed by atoms with Crippen LogP contribution in [0.3, 0.4) is 0 Å². The Morgan fingerprint density at radius 1 is 1.33 bits per heavy atom. The number of nitrogens with two attached hydrogens (primary N) is 1. The number of hydrogen-bond acceptors (Lipinski definition) is 6. The summed E-state index contributed by atoms with van der Waals surface area (Å²) in [6, 6.07) is 0.223. The number of nitrogen functional groups attached to an aromatic ring is 1. The first-order chi connectivity index (χ1) is 9.84. The monoisotopic (exact) mass is 332 g/mol. The molecule has 1 aliphatic carbocycles. The molecule has 1 aromatic rings. The predicted octanol–water partition coefficient (Wildman–Crippen LogP) is 2.36. The van der Waals surface area contributed by atoms with Crippen molar-refractivity contribution in [2.75, 3.05) is 25.1 Å². The highest BCUT2D eigenvalue weighted by molar-refractivity contribution is 7.89. The van der Waals surface area contributed by atoms with Crippen molar-refractivity contribution in [3.8, 4) is 0 Å². The lowest BCUT2D eigenvalue weighted by molar-refractivity contribution is 0.328. The van der Waals surface area contributed by atoms with Crippen molar-refractivity contribution < 1.29 is 8.42 Å². The van der Waals surface area contributed by atoms with Crippen molar-refractivity contribution in [2.24, 2.45) is 5.92 Å². The molecule has 0 aromatic carbocycles. The van der Waals surface area contributed by atoms with Gasteiger partial charge >= 0.3 is 0 Å². The van der Waals surface area contributed by atoms with E-state index in [4.69, 9.17) is 5.73 Å². The Kier molecular flexibility index (Phi) is 5.11. The van der Waals surface area contributed by atoms with Crippen molar-refractivity contribution in [1.82, 2.24) is 8.68 Å². The van der Waals surface area contributed by atoms with Gasteiger partial charge in [-0.25, -0.2) is 12.7 Å². The third-order valence-corrected chi connectivity index (χ3v) is 6.94. The molecule has 1 atom stereocenters. The molecular formula is C13H24N4O2S2. The molecule has 8 heteroatoms. The Morgan fingerprint density at radius 3 is 2.52 bits per heavy atom. The van der Waals surface area contributed by atoms with Gasteiger partial charge in [0.1, 0.15) is 5.00 Å². The molecule has 1 aromatic heterocycles. The molecule has 0 spiro atoms. The summed E-state index contributed by atoms with van der Waals surface area (Å²) in [5.74, 6) is 0.657. The molecule has 1 fully saturated rings. The van der Waals surface area contributed by atoms with E-state index in [2.05, 4.69) is 16.6 Å². The number of anilines is 2. The third-order valence-electron chi connectivity index (χ3n) is 4.13. The molecule has 0 amide bonds. The summed E-state index contributed by atoms with van der Waals surface area (Å²) in [7, 11) is -0.576. The maximum Gasteiger partial charge on any atom is 0.249 e. The Hall–Kier alpha value is -0.860. The Morgan fingerprint density at radius 2 is 1.95 bits per heavy atom. The maximum absolute atomic E-state index is 12.4. The Balaban J connectivity index is 2.21. The van der Waals surface area contributed by atoms with Gasteiger partial charge in [0.15, 0.2) is 10.7 Å². The topological polar surface area (TPSA) is 88.3 Å². The zero-order valence-corrected chi connectivity index (χ0v) is 14.4. The van der Waals surface area contributed by atoms with E-state index < -0.39 is 10.0 Å². The van der Waals surface area contributed by atoms with Crippen molar-refractivity contribution in [3.05, 3.63) is 0 Å². The van der Waals surface area contributed by atoms with E-state index in [1.54, 1.807) is 0 Å². The maximum atomic E-state index is 12.4. The molecule has 1 aliphatic rings. The molecular weight excluding hydrogens is 308 g/mol. The van der Waals surface area contributed by atoms with E-state index in [9.17, 15) is 8.42 Å². The Bertz CT molecular complexity index is 577. The molecule has 1 unspecified atom stereocenters. The first kappa shape index (κ1) is 16.5. The minimum absolute atomic E-state index is 0.0760. The van der Waals surface area contributed by atoms with Gasteiger partial charge in [-0.3, -0.25) is 0 Å². The van der Waals surface area contributed by atoms with Gasteiger partial charge in [0, 0.05) is 20.1 Å². The highest BCUT2D eigenvalue weighted by atomic mass is 32.2. The minimum Gasteiger partial charge on any atom is -0.382 e. The summed E-state index contributed by atoms with van der Waals surface area (Å²) in [6.07, 6.45) is 6.20. The zero-order valence-electron chi connectivity index (χ0n) is 12.8. The van der Waals surface area contributed by atoms with Crippen LogP contribution < -0.4 is 11.1 Å². The largest absolute Gasteiger partial charge is 0.382 e. The van der Waals surface area contributed by atoms with Crippen molar-refractivity contribution >= 4 is 32.4 Å². The van der Waals surface area contributed by atoms with E-state index in [1.165, 1.54) is 50.5 Å². The standard InChI is InChI=1S/C13H24N4O2S2/c1-9(10-7-5-4-6-8-10)15-13-11(12(14)16-20-13)21(18,19)17(2)3/h9-10,15H,4-8H2,1-3H3,(H2,14,16). The number of nitrogens with one attached hydrogen (secondary N) is 1. The second-order valence-corrected chi connectivity index (χ2v) is 8.71. The lowest BCUT2D eigenvalue weighted by Crippen LogP contribution is -2.29. The van der Waals surface area contributed by atoms with E-state index in [1.807, 2.05) is 0 Å². The van der Waals surface area contributed by atoms with Gasteiger partial charge in [0.2, 0.25) is 10.0 Å².